The minimum atomic E-state index is 0.0174. The van der Waals surface area contributed by atoms with Gasteiger partial charge in [-0.15, -0.1) is 0 Å². The lowest BCUT2D eigenvalue weighted by atomic mass is 9.88. The molecule has 0 bridgehead atoms. The molecule has 0 saturated carbocycles. The van der Waals surface area contributed by atoms with Crippen molar-refractivity contribution in [1.29, 1.82) is 0 Å². The van der Waals surface area contributed by atoms with Crippen molar-refractivity contribution in [3.63, 3.8) is 0 Å². The van der Waals surface area contributed by atoms with Crippen LogP contribution in [0.2, 0.25) is 0 Å². The molecular weight excluding hydrogens is 264 g/mol. The van der Waals surface area contributed by atoms with Gasteiger partial charge in [0.2, 0.25) is 5.91 Å². The molecule has 2 aliphatic heterocycles. The lowest BCUT2D eigenvalue weighted by Crippen LogP contribution is -2.44. The zero-order valence-electron chi connectivity index (χ0n) is 12.7. The van der Waals surface area contributed by atoms with Crippen LogP contribution in [0, 0.1) is 5.92 Å². The Morgan fingerprint density at radius 1 is 1.38 bits per heavy atom. The van der Waals surface area contributed by atoms with Crippen LogP contribution in [0.5, 0.6) is 0 Å². The van der Waals surface area contributed by atoms with E-state index >= 15 is 0 Å². The number of anilines is 1. The fourth-order valence-electron chi connectivity index (χ4n) is 3.58. The van der Waals surface area contributed by atoms with E-state index in [9.17, 15) is 4.79 Å². The third-order valence-electron chi connectivity index (χ3n) is 4.62. The molecule has 4 nitrogen and oxygen atoms in total. The predicted octanol–water partition coefficient (Wildman–Crippen LogP) is 2.47. The fourth-order valence-corrected chi connectivity index (χ4v) is 3.58. The highest BCUT2D eigenvalue weighted by Gasteiger charge is 2.32. The monoisotopic (exact) mass is 288 g/mol. The number of nitrogens with zero attached hydrogens (tertiary/aromatic N) is 1. The van der Waals surface area contributed by atoms with Crippen molar-refractivity contribution in [3.05, 3.63) is 29.8 Å². The van der Waals surface area contributed by atoms with Crippen LogP contribution in [-0.2, 0) is 9.53 Å². The van der Waals surface area contributed by atoms with Crippen molar-refractivity contribution in [3.8, 4) is 0 Å². The first-order valence-electron chi connectivity index (χ1n) is 7.90. The highest BCUT2D eigenvalue weighted by atomic mass is 16.5. The van der Waals surface area contributed by atoms with Gasteiger partial charge in [0.1, 0.15) is 0 Å². The van der Waals surface area contributed by atoms with Crippen molar-refractivity contribution in [1.82, 2.24) is 4.90 Å². The normalized spacial score (nSPS) is 25.1. The third kappa shape index (κ3) is 3.05. The number of hydrogen-bond acceptors (Lipinski definition) is 3. The first-order chi connectivity index (χ1) is 10.3. The van der Waals surface area contributed by atoms with Crippen LogP contribution in [0.1, 0.15) is 30.7 Å². The van der Waals surface area contributed by atoms with E-state index in [0.29, 0.717) is 11.8 Å². The van der Waals surface area contributed by atoms with Gasteiger partial charge in [-0.1, -0.05) is 18.2 Å². The average Bonchev–Trinajstić information content (AvgIpc) is 2.54. The van der Waals surface area contributed by atoms with Crippen LogP contribution in [0.4, 0.5) is 5.69 Å². The summed E-state index contributed by atoms with van der Waals surface area (Å²) in [6.45, 7) is 3.37. The van der Waals surface area contributed by atoms with Crippen molar-refractivity contribution in [2.24, 2.45) is 5.92 Å². The maximum absolute atomic E-state index is 12.9. The molecule has 2 atom stereocenters. The molecule has 1 fully saturated rings. The molecule has 1 saturated heterocycles. The zero-order valence-corrected chi connectivity index (χ0v) is 12.7. The Balaban J connectivity index is 1.74. The lowest BCUT2D eigenvalue weighted by molar-refractivity contribution is -0.135. The second kappa shape index (κ2) is 6.48. The topological polar surface area (TPSA) is 41.6 Å². The molecule has 21 heavy (non-hydrogen) atoms. The molecule has 3 rings (SSSR count). The summed E-state index contributed by atoms with van der Waals surface area (Å²) >= 11 is 0. The summed E-state index contributed by atoms with van der Waals surface area (Å²) in [6, 6.07) is 8.20. The van der Waals surface area contributed by atoms with Gasteiger partial charge in [-0.05, 0) is 36.8 Å². The molecule has 2 aliphatic rings. The first kappa shape index (κ1) is 14.4. The zero-order chi connectivity index (χ0) is 14.7. The number of carbonyl (C=O) groups excluding carboxylic acids is 1. The van der Waals surface area contributed by atoms with E-state index < -0.39 is 0 Å². The minimum absolute atomic E-state index is 0.0174. The quantitative estimate of drug-likeness (QED) is 0.929. The Labute approximate surface area is 126 Å². The van der Waals surface area contributed by atoms with E-state index in [4.69, 9.17) is 4.74 Å². The largest absolute Gasteiger partial charge is 0.385 e. The van der Waals surface area contributed by atoms with Crippen LogP contribution in [0.25, 0.3) is 0 Å². The number of para-hydroxylation sites is 1. The van der Waals surface area contributed by atoms with Gasteiger partial charge >= 0.3 is 0 Å². The number of hydrogen-bond donors (Lipinski definition) is 1. The number of ether oxygens (including phenoxy) is 1. The molecule has 1 aromatic rings. The number of benzene rings is 1. The summed E-state index contributed by atoms with van der Waals surface area (Å²) in [5.41, 5.74) is 2.27. The summed E-state index contributed by atoms with van der Waals surface area (Å²) < 4.78 is 5.26. The summed E-state index contributed by atoms with van der Waals surface area (Å²) in [5.74, 6) is 0.804. The highest BCUT2D eigenvalue weighted by Crippen LogP contribution is 2.33. The lowest BCUT2D eigenvalue weighted by Gasteiger charge is -2.36. The van der Waals surface area contributed by atoms with Gasteiger partial charge in [-0.25, -0.2) is 0 Å². The summed E-state index contributed by atoms with van der Waals surface area (Å²) in [5, 5.41) is 3.39. The first-order valence-corrected chi connectivity index (χ1v) is 7.90. The average molecular weight is 288 g/mol. The van der Waals surface area contributed by atoms with E-state index in [1.165, 1.54) is 6.42 Å². The second-order valence-corrected chi connectivity index (χ2v) is 6.10. The molecule has 1 amide bonds. The van der Waals surface area contributed by atoms with Crippen LogP contribution >= 0.6 is 0 Å². The molecule has 114 valence electrons. The van der Waals surface area contributed by atoms with E-state index in [1.54, 1.807) is 7.11 Å². The van der Waals surface area contributed by atoms with Gasteiger partial charge in [0.25, 0.3) is 0 Å². The molecule has 0 radical (unpaired) electrons. The van der Waals surface area contributed by atoms with Gasteiger partial charge in [0, 0.05) is 32.4 Å². The third-order valence-corrected chi connectivity index (χ3v) is 4.62. The van der Waals surface area contributed by atoms with E-state index in [0.717, 1.165) is 50.3 Å². The molecule has 2 unspecified atom stereocenters. The van der Waals surface area contributed by atoms with Crippen molar-refractivity contribution >= 4 is 11.6 Å². The predicted molar refractivity (Wildman–Crippen MR) is 83.5 cm³/mol. The number of nitrogens with one attached hydrogen (secondary N) is 1. The molecule has 1 aromatic carbocycles. The number of methoxy groups -OCH3 is 1. The van der Waals surface area contributed by atoms with Gasteiger partial charge in [-0.2, -0.15) is 0 Å². The van der Waals surface area contributed by atoms with Crippen molar-refractivity contribution in [2.45, 2.75) is 25.2 Å². The molecule has 2 heterocycles. The van der Waals surface area contributed by atoms with Crippen molar-refractivity contribution in [2.75, 3.05) is 38.7 Å². The summed E-state index contributed by atoms with van der Waals surface area (Å²) in [7, 11) is 1.74. The van der Waals surface area contributed by atoms with E-state index in [1.807, 2.05) is 12.1 Å². The smallest absolute Gasteiger partial charge is 0.230 e. The van der Waals surface area contributed by atoms with E-state index in [2.05, 4.69) is 22.3 Å². The SMILES string of the molecule is COCC1CCCN(C(=O)C2CCNc3ccccc32)C1. The molecule has 1 N–H and O–H groups in total. The highest BCUT2D eigenvalue weighted by molar-refractivity contribution is 5.86. The van der Waals surface area contributed by atoms with Gasteiger partial charge in [0.15, 0.2) is 0 Å². The van der Waals surface area contributed by atoms with Gasteiger partial charge < -0.3 is 15.0 Å². The van der Waals surface area contributed by atoms with Crippen molar-refractivity contribution < 1.29 is 9.53 Å². The van der Waals surface area contributed by atoms with Crippen LogP contribution in [-0.4, -0.2) is 44.2 Å². The Morgan fingerprint density at radius 2 is 2.24 bits per heavy atom. The summed E-state index contributed by atoms with van der Waals surface area (Å²) in [6.07, 6.45) is 3.15. The molecule has 0 aromatic heterocycles. The fraction of sp³-hybridized carbons (Fsp3) is 0.588. The number of rotatable bonds is 3. The maximum Gasteiger partial charge on any atom is 0.230 e. The Bertz CT molecular complexity index is 501. The Morgan fingerprint density at radius 3 is 3.10 bits per heavy atom. The number of amides is 1. The molecular formula is C17H24N2O2. The molecule has 0 aliphatic carbocycles. The number of carbonyl (C=O) groups is 1. The van der Waals surface area contributed by atoms with Gasteiger partial charge in [0.05, 0.1) is 12.5 Å². The second-order valence-electron chi connectivity index (χ2n) is 6.10. The van der Waals surface area contributed by atoms with E-state index in [-0.39, 0.29) is 5.92 Å². The maximum atomic E-state index is 12.9. The summed E-state index contributed by atoms with van der Waals surface area (Å²) in [4.78, 5) is 15.0. The Kier molecular flexibility index (Phi) is 4.44. The number of fused-ring (bicyclic) bond motifs is 1. The van der Waals surface area contributed by atoms with Crippen LogP contribution < -0.4 is 5.32 Å². The van der Waals surface area contributed by atoms with Crippen LogP contribution in [0.3, 0.4) is 0 Å². The van der Waals surface area contributed by atoms with Crippen LogP contribution in [0.15, 0.2) is 24.3 Å². The standard InChI is InChI=1S/C17H24N2O2/c1-21-12-13-5-4-10-19(11-13)17(20)15-8-9-18-16-7-3-2-6-14(15)16/h2-3,6-7,13,15,18H,4-5,8-12H2,1H3. The van der Waals surface area contributed by atoms with Gasteiger partial charge in [-0.3, -0.25) is 4.79 Å². The number of likely N-dealkylation sites (tertiary alicyclic amines) is 1. The Hall–Kier alpha value is -1.55. The molecule has 4 heteroatoms. The number of piperidine rings is 1. The molecule has 0 spiro atoms. The minimum Gasteiger partial charge on any atom is -0.385 e.